The maximum atomic E-state index is 11.9. The van der Waals surface area contributed by atoms with Gasteiger partial charge in [0.05, 0.1) is 0 Å². The van der Waals surface area contributed by atoms with Crippen LogP contribution in [0.25, 0.3) is 0 Å². The van der Waals surface area contributed by atoms with Crippen LogP contribution in [0.1, 0.15) is 5.56 Å². The third-order valence-electron chi connectivity index (χ3n) is 2.93. The molecule has 1 aromatic heterocycles. The van der Waals surface area contributed by atoms with E-state index in [1.807, 2.05) is 13.0 Å². The second kappa shape index (κ2) is 5.14. The lowest BCUT2D eigenvalue weighted by molar-refractivity contribution is -0.132. The first-order valence-corrected chi connectivity index (χ1v) is 5.82. The fourth-order valence-corrected chi connectivity index (χ4v) is 1.90. The molecule has 2 heterocycles. The van der Waals surface area contributed by atoms with Gasteiger partial charge in [0.25, 0.3) is 5.56 Å². The summed E-state index contributed by atoms with van der Waals surface area (Å²) in [5.74, 6) is 0.0115. The molecule has 92 valence electrons. The zero-order valence-electron chi connectivity index (χ0n) is 9.98. The van der Waals surface area contributed by atoms with Crippen molar-refractivity contribution in [2.45, 2.75) is 13.5 Å². The Morgan fingerprint density at radius 1 is 1.41 bits per heavy atom. The van der Waals surface area contributed by atoms with E-state index in [9.17, 15) is 9.59 Å². The molecule has 1 aromatic rings. The number of nitrogens with zero attached hydrogens (tertiary/aromatic N) is 2. The summed E-state index contributed by atoms with van der Waals surface area (Å²) in [5, 5.41) is 3.19. The van der Waals surface area contributed by atoms with E-state index in [-0.39, 0.29) is 18.0 Å². The van der Waals surface area contributed by atoms with Gasteiger partial charge >= 0.3 is 0 Å². The number of aryl methyl sites for hydroxylation is 1. The maximum absolute atomic E-state index is 11.9. The lowest BCUT2D eigenvalue weighted by atomic mass is 10.3. The van der Waals surface area contributed by atoms with Gasteiger partial charge in [-0.25, -0.2) is 0 Å². The van der Waals surface area contributed by atoms with E-state index >= 15 is 0 Å². The van der Waals surface area contributed by atoms with Crippen LogP contribution in [0.3, 0.4) is 0 Å². The first-order chi connectivity index (χ1) is 8.16. The molecule has 0 atom stereocenters. The molecule has 0 unspecified atom stereocenters. The van der Waals surface area contributed by atoms with Crippen molar-refractivity contribution in [3.8, 4) is 0 Å². The Hall–Kier alpha value is -1.62. The summed E-state index contributed by atoms with van der Waals surface area (Å²) in [5.41, 5.74) is 0.800. The van der Waals surface area contributed by atoms with Gasteiger partial charge in [0.15, 0.2) is 0 Å². The van der Waals surface area contributed by atoms with Gasteiger partial charge in [0, 0.05) is 38.4 Å². The maximum Gasteiger partial charge on any atom is 0.251 e. The Morgan fingerprint density at radius 3 is 2.76 bits per heavy atom. The summed E-state index contributed by atoms with van der Waals surface area (Å²) in [6, 6.07) is 3.39. The normalized spacial score (nSPS) is 15.9. The number of carbonyl (C=O) groups is 1. The Balaban J connectivity index is 2.04. The smallest absolute Gasteiger partial charge is 0.251 e. The van der Waals surface area contributed by atoms with Crippen molar-refractivity contribution in [1.29, 1.82) is 0 Å². The fraction of sp³-hybridized carbons (Fsp3) is 0.500. The zero-order chi connectivity index (χ0) is 12.3. The SMILES string of the molecule is Cc1ccn(CC(=O)N2CCNCC2)c(=O)c1. The van der Waals surface area contributed by atoms with E-state index in [1.54, 1.807) is 17.2 Å². The molecule has 0 spiro atoms. The lowest BCUT2D eigenvalue weighted by Gasteiger charge is -2.27. The quantitative estimate of drug-likeness (QED) is 0.758. The molecule has 1 aliphatic heterocycles. The van der Waals surface area contributed by atoms with E-state index in [2.05, 4.69) is 5.32 Å². The highest BCUT2D eigenvalue weighted by molar-refractivity contribution is 5.76. The Morgan fingerprint density at radius 2 is 2.12 bits per heavy atom. The predicted molar refractivity (Wildman–Crippen MR) is 64.9 cm³/mol. The van der Waals surface area contributed by atoms with E-state index < -0.39 is 0 Å². The van der Waals surface area contributed by atoms with Gasteiger partial charge in [-0.2, -0.15) is 0 Å². The van der Waals surface area contributed by atoms with Crippen LogP contribution >= 0.6 is 0 Å². The molecule has 2 rings (SSSR count). The number of nitrogens with one attached hydrogen (secondary N) is 1. The summed E-state index contributed by atoms with van der Waals surface area (Å²) in [6.45, 7) is 5.10. The summed E-state index contributed by atoms with van der Waals surface area (Å²) >= 11 is 0. The minimum Gasteiger partial charge on any atom is -0.339 e. The second-order valence-electron chi connectivity index (χ2n) is 4.30. The Kier molecular flexibility index (Phi) is 3.58. The molecule has 0 aromatic carbocycles. The van der Waals surface area contributed by atoms with Crippen molar-refractivity contribution < 1.29 is 4.79 Å². The number of rotatable bonds is 2. The molecule has 1 amide bonds. The fourth-order valence-electron chi connectivity index (χ4n) is 1.90. The molecule has 5 heteroatoms. The van der Waals surface area contributed by atoms with Crippen molar-refractivity contribution in [3.63, 3.8) is 0 Å². The second-order valence-corrected chi connectivity index (χ2v) is 4.30. The van der Waals surface area contributed by atoms with Crippen LogP contribution < -0.4 is 10.9 Å². The number of hydrogen-bond acceptors (Lipinski definition) is 3. The van der Waals surface area contributed by atoms with E-state index in [4.69, 9.17) is 0 Å². The first kappa shape index (κ1) is 11.9. The number of amides is 1. The topological polar surface area (TPSA) is 54.3 Å². The van der Waals surface area contributed by atoms with Crippen LogP contribution in [0.2, 0.25) is 0 Å². The van der Waals surface area contributed by atoms with Gasteiger partial charge in [-0.3, -0.25) is 9.59 Å². The van der Waals surface area contributed by atoms with Gasteiger partial charge in [-0.15, -0.1) is 0 Å². The number of piperazine rings is 1. The minimum atomic E-state index is -0.117. The number of hydrogen-bond donors (Lipinski definition) is 1. The number of aromatic nitrogens is 1. The molecular formula is C12H17N3O2. The van der Waals surface area contributed by atoms with Gasteiger partial charge in [0.2, 0.25) is 5.91 Å². The molecule has 5 nitrogen and oxygen atoms in total. The van der Waals surface area contributed by atoms with E-state index in [0.29, 0.717) is 0 Å². The van der Waals surface area contributed by atoms with E-state index in [0.717, 1.165) is 31.7 Å². The molecule has 17 heavy (non-hydrogen) atoms. The van der Waals surface area contributed by atoms with E-state index in [1.165, 1.54) is 4.57 Å². The highest BCUT2D eigenvalue weighted by atomic mass is 16.2. The third kappa shape index (κ3) is 2.94. The first-order valence-electron chi connectivity index (χ1n) is 5.82. The van der Waals surface area contributed by atoms with Gasteiger partial charge in [0.1, 0.15) is 6.54 Å². The van der Waals surface area contributed by atoms with Crippen LogP contribution in [0.4, 0.5) is 0 Å². The van der Waals surface area contributed by atoms with Crippen LogP contribution in [-0.2, 0) is 11.3 Å². The highest BCUT2D eigenvalue weighted by Gasteiger charge is 2.16. The summed E-state index contributed by atoms with van der Waals surface area (Å²) < 4.78 is 1.46. The Bertz CT molecular complexity index is 461. The standard InChI is InChI=1S/C12H17N3O2/c1-10-2-5-15(11(16)8-10)9-12(17)14-6-3-13-4-7-14/h2,5,8,13H,3-4,6-7,9H2,1H3. The van der Waals surface area contributed by atoms with Gasteiger partial charge < -0.3 is 14.8 Å². The Labute approximate surface area is 100 Å². The van der Waals surface area contributed by atoms with Crippen molar-refractivity contribution in [2.75, 3.05) is 26.2 Å². The predicted octanol–water partition coefficient (Wildman–Crippen LogP) is -0.411. The number of pyridine rings is 1. The number of carbonyl (C=O) groups excluding carboxylic acids is 1. The average molecular weight is 235 g/mol. The van der Waals surface area contributed by atoms with Crippen molar-refractivity contribution >= 4 is 5.91 Å². The largest absolute Gasteiger partial charge is 0.339 e. The van der Waals surface area contributed by atoms with Crippen LogP contribution in [0, 0.1) is 6.92 Å². The van der Waals surface area contributed by atoms with Crippen LogP contribution in [-0.4, -0.2) is 41.6 Å². The summed E-state index contributed by atoms with van der Waals surface area (Å²) in [4.78, 5) is 25.4. The summed E-state index contributed by atoms with van der Waals surface area (Å²) in [6.07, 6.45) is 1.68. The van der Waals surface area contributed by atoms with Gasteiger partial charge in [-0.1, -0.05) is 0 Å². The summed E-state index contributed by atoms with van der Waals surface area (Å²) in [7, 11) is 0. The highest BCUT2D eigenvalue weighted by Crippen LogP contribution is 1.97. The molecular weight excluding hydrogens is 218 g/mol. The molecule has 1 saturated heterocycles. The monoisotopic (exact) mass is 235 g/mol. The molecule has 0 saturated carbocycles. The molecule has 0 aliphatic carbocycles. The third-order valence-corrected chi connectivity index (χ3v) is 2.93. The van der Waals surface area contributed by atoms with Gasteiger partial charge in [-0.05, 0) is 18.6 Å². The molecule has 1 N–H and O–H groups in total. The molecule has 0 bridgehead atoms. The van der Waals surface area contributed by atoms with Crippen molar-refractivity contribution in [2.24, 2.45) is 0 Å². The zero-order valence-corrected chi connectivity index (χ0v) is 9.98. The molecule has 1 aliphatic rings. The molecule has 1 fully saturated rings. The molecule has 0 radical (unpaired) electrons. The van der Waals surface area contributed by atoms with Crippen molar-refractivity contribution in [3.05, 3.63) is 34.2 Å². The average Bonchev–Trinajstić information content (AvgIpc) is 2.34. The lowest BCUT2D eigenvalue weighted by Crippen LogP contribution is -2.48. The van der Waals surface area contributed by atoms with Crippen LogP contribution in [0.5, 0.6) is 0 Å². The minimum absolute atomic E-state index is 0.0115. The van der Waals surface area contributed by atoms with Crippen molar-refractivity contribution in [1.82, 2.24) is 14.8 Å². The van der Waals surface area contributed by atoms with Crippen LogP contribution in [0.15, 0.2) is 23.1 Å².